The molecule has 0 unspecified atom stereocenters. The maximum Gasteiger partial charge on any atom is 0.236 e. The van der Waals surface area contributed by atoms with E-state index in [2.05, 4.69) is 23.5 Å². The Hall–Kier alpha value is -1.39. The number of aliphatic hydroxyl groups is 1. The van der Waals surface area contributed by atoms with Crippen molar-refractivity contribution in [2.75, 3.05) is 32.8 Å². The van der Waals surface area contributed by atoms with Crippen LogP contribution >= 0.6 is 0 Å². The molecule has 4 nitrogen and oxygen atoms in total. The van der Waals surface area contributed by atoms with Crippen LogP contribution in [-0.2, 0) is 4.79 Å². The first-order chi connectivity index (χ1) is 12.3. The van der Waals surface area contributed by atoms with E-state index in [1.165, 1.54) is 44.1 Å². The molecule has 0 spiro atoms. The summed E-state index contributed by atoms with van der Waals surface area (Å²) < 4.78 is 0. The number of amides is 1. The molecule has 1 heterocycles. The number of hydrogen-bond acceptors (Lipinski definition) is 3. The molecule has 1 fully saturated rings. The molecule has 1 aliphatic heterocycles. The summed E-state index contributed by atoms with van der Waals surface area (Å²) in [4.78, 5) is 14.1. The largest absolute Gasteiger partial charge is 0.395 e. The summed E-state index contributed by atoms with van der Waals surface area (Å²) in [5.41, 5.74) is 4.68. The van der Waals surface area contributed by atoms with Crippen LogP contribution in [0.1, 0.15) is 51.4 Å². The van der Waals surface area contributed by atoms with Crippen molar-refractivity contribution in [1.29, 1.82) is 0 Å². The average molecular weight is 344 g/mol. The first-order valence-corrected chi connectivity index (χ1v) is 9.97. The Kier molecular flexibility index (Phi) is 6.88. The van der Waals surface area contributed by atoms with Crippen LogP contribution in [0.2, 0.25) is 0 Å². The van der Waals surface area contributed by atoms with Gasteiger partial charge in [0.25, 0.3) is 0 Å². The molecular weight excluding hydrogens is 312 g/mol. The van der Waals surface area contributed by atoms with Gasteiger partial charge in [0.1, 0.15) is 0 Å². The minimum atomic E-state index is 0.0780. The summed E-state index contributed by atoms with van der Waals surface area (Å²) in [5.74, 6) is 0.766. The molecular formula is C21H32N2O2. The fourth-order valence-corrected chi connectivity index (χ4v) is 4.24. The summed E-state index contributed by atoms with van der Waals surface area (Å²) in [6, 6.07) is 0. The van der Waals surface area contributed by atoms with Gasteiger partial charge in [-0.1, -0.05) is 18.2 Å². The predicted molar refractivity (Wildman–Crippen MR) is 101 cm³/mol. The lowest BCUT2D eigenvalue weighted by Crippen LogP contribution is -2.43. The van der Waals surface area contributed by atoms with Crippen LogP contribution in [0.3, 0.4) is 0 Å². The van der Waals surface area contributed by atoms with Gasteiger partial charge in [-0.25, -0.2) is 0 Å². The summed E-state index contributed by atoms with van der Waals surface area (Å²) in [7, 11) is 0. The molecule has 4 heteroatoms. The number of nitrogens with one attached hydrogen (secondary N) is 1. The zero-order valence-corrected chi connectivity index (χ0v) is 15.3. The second-order valence-corrected chi connectivity index (χ2v) is 7.44. The zero-order valence-electron chi connectivity index (χ0n) is 15.3. The molecule has 2 aliphatic carbocycles. The van der Waals surface area contributed by atoms with Gasteiger partial charge in [0.15, 0.2) is 0 Å². The monoisotopic (exact) mass is 344 g/mol. The number of likely N-dealkylation sites (tertiary alicyclic amines) is 1. The van der Waals surface area contributed by atoms with Crippen LogP contribution in [0.4, 0.5) is 0 Å². The number of hydrogen-bond donors (Lipinski definition) is 2. The Morgan fingerprint density at radius 2 is 1.96 bits per heavy atom. The fourth-order valence-electron chi connectivity index (χ4n) is 4.24. The summed E-state index contributed by atoms with van der Waals surface area (Å²) >= 11 is 0. The number of piperidine rings is 1. The van der Waals surface area contributed by atoms with Crippen molar-refractivity contribution >= 4 is 5.91 Å². The molecule has 0 aromatic heterocycles. The molecule has 1 amide bonds. The maximum absolute atomic E-state index is 12.2. The van der Waals surface area contributed by atoms with Gasteiger partial charge in [0.2, 0.25) is 5.91 Å². The lowest BCUT2D eigenvalue weighted by Gasteiger charge is -2.34. The third kappa shape index (κ3) is 5.05. The lowest BCUT2D eigenvalue weighted by molar-refractivity contribution is -0.131. The molecule has 1 saturated heterocycles. The van der Waals surface area contributed by atoms with Crippen molar-refractivity contribution in [2.45, 2.75) is 51.4 Å². The van der Waals surface area contributed by atoms with E-state index in [-0.39, 0.29) is 12.5 Å². The number of aliphatic hydroxyl groups excluding tert-OH is 1. The van der Waals surface area contributed by atoms with Gasteiger partial charge >= 0.3 is 0 Å². The Morgan fingerprint density at radius 1 is 1.12 bits per heavy atom. The van der Waals surface area contributed by atoms with E-state index in [4.69, 9.17) is 5.11 Å². The third-order valence-electron chi connectivity index (χ3n) is 5.72. The molecule has 0 atom stereocenters. The van der Waals surface area contributed by atoms with E-state index >= 15 is 0 Å². The maximum atomic E-state index is 12.2. The van der Waals surface area contributed by atoms with Gasteiger partial charge in [-0.2, -0.15) is 0 Å². The first kappa shape index (κ1) is 18.4. The SMILES string of the molecule is O=C(CNCCO)N1CCC(C2=CCCC(C3=CCCCC3)=C2)CC1. The normalized spacial score (nSPS) is 22.3. The minimum absolute atomic E-state index is 0.0780. The van der Waals surface area contributed by atoms with Crippen LogP contribution in [0.15, 0.2) is 34.9 Å². The summed E-state index contributed by atoms with van der Waals surface area (Å²) in [5, 5.41) is 11.8. The third-order valence-corrected chi connectivity index (χ3v) is 5.72. The predicted octanol–water partition coefficient (Wildman–Crippen LogP) is 2.95. The smallest absolute Gasteiger partial charge is 0.236 e. The van der Waals surface area contributed by atoms with Crippen molar-refractivity contribution < 1.29 is 9.90 Å². The molecule has 2 N–H and O–H groups in total. The van der Waals surface area contributed by atoms with Crippen molar-refractivity contribution in [3.8, 4) is 0 Å². The quantitative estimate of drug-likeness (QED) is 0.729. The molecule has 3 rings (SSSR count). The Labute approximate surface area is 151 Å². The molecule has 0 saturated carbocycles. The van der Waals surface area contributed by atoms with Crippen LogP contribution in [-0.4, -0.2) is 48.7 Å². The highest BCUT2D eigenvalue weighted by Crippen LogP contribution is 2.35. The molecule has 0 radical (unpaired) electrons. The van der Waals surface area contributed by atoms with E-state index in [1.807, 2.05) is 4.90 Å². The van der Waals surface area contributed by atoms with E-state index in [1.54, 1.807) is 11.1 Å². The topological polar surface area (TPSA) is 52.6 Å². The van der Waals surface area contributed by atoms with Crippen molar-refractivity contribution in [2.24, 2.45) is 5.92 Å². The van der Waals surface area contributed by atoms with Crippen LogP contribution in [0.5, 0.6) is 0 Å². The van der Waals surface area contributed by atoms with Gasteiger partial charge < -0.3 is 15.3 Å². The van der Waals surface area contributed by atoms with Crippen molar-refractivity contribution in [3.05, 3.63) is 34.9 Å². The molecule has 25 heavy (non-hydrogen) atoms. The fraction of sp³-hybridized carbons (Fsp3) is 0.667. The van der Waals surface area contributed by atoms with E-state index < -0.39 is 0 Å². The molecule has 138 valence electrons. The number of nitrogens with zero attached hydrogens (tertiary/aromatic N) is 1. The minimum Gasteiger partial charge on any atom is -0.395 e. The average Bonchev–Trinajstić information content (AvgIpc) is 2.69. The van der Waals surface area contributed by atoms with Crippen LogP contribution in [0.25, 0.3) is 0 Å². The number of rotatable bonds is 6. The van der Waals surface area contributed by atoms with Gasteiger partial charge in [-0.15, -0.1) is 0 Å². The second-order valence-electron chi connectivity index (χ2n) is 7.44. The van der Waals surface area contributed by atoms with Crippen molar-refractivity contribution in [1.82, 2.24) is 10.2 Å². The summed E-state index contributed by atoms with van der Waals surface area (Å²) in [6.45, 7) is 2.61. The van der Waals surface area contributed by atoms with Gasteiger partial charge in [-0.3, -0.25) is 4.79 Å². The lowest BCUT2D eigenvalue weighted by atomic mass is 9.81. The highest BCUT2D eigenvalue weighted by molar-refractivity contribution is 5.78. The van der Waals surface area contributed by atoms with Gasteiger partial charge in [0.05, 0.1) is 13.2 Å². The Bertz CT molecular complexity index is 554. The van der Waals surface area contributed by atoms with Crippen molar-refractivity contribution in [3.63, 3.8) is 0 Å². The van der Waals surface area contributed by atoms with E-state index in [0.717, 1.165) is 25.9 Å². The molecule has 3 aliphatic rings. The van der Waals surface area contributed by atoms with Crippen LogP contribution < -0.4 is 5.32 Å². The van der Waals surface area contributed by atoms with Gasteiger partial charge in [-0.05, 0) is 74.0 Å². The molecule has 0 aromatic rings. The Morgan fingerprint density at radius 3 is 2.68 bits per heavy atom. The van der Waals surface area contributed by atoms with E-state index in [9.17, 15) is 4.79 Å². The number of allylic oxidation sites excluding steroid dienone is 6. The standard InChI is InChI=1S/C21H32N2O2/c24-14-11-22-16-21(25)23-12-9-18(10-13-23)20-8-4-7-19(15-20)17-5-2-1-3-6-17/h5,8,15,18,22,24H,1-4,6-7,9-14,16H2. The Balaban J connectivity index is 1.52. The second kappa shape index (κ2) is 9.35. The highest BCUT2D eigenvalue weighted by atomic mass is 16.3. The van der Waals surface area contributed by atoms with Crippen LogP contribution in [0, 0.1) is 5.92 Å². The van der Waals surface area contributed by atoms with Gasteiger partial charge in [0, 0.05) is 19.6 Å². The zero-order chi connectivity index (χ0) is 17.5. The molecule has 0 bridgehead atoms. The highest BCUT2D eigenvalue weighted by Gasteiger charge is 2.25. The van der Waals surface area contributed by atoms with E-state index in [0.29, 0.717) is 19.0 Å². The first-order valence-electron chi connectivity index (χ1n) is 9.97. The number of carbonyl (C=O) groups excluding carboxylic acids is 1. The molecule has 0 aromatic carbocycles. The number of carbonyl (C=O) groups is 1. The summed E-state index contributed by atoms with van der Waals surface area (Å²) in [6.07, 6.45) is 17.0.